The van der Waals surface area contributed by atoms with Crippen molar-refractivity contribution in [2.24, 2.45) is 5.41 Å². The van der Waals surface area contributed by atoms with E-state index >= 15 is 0 Å². The zero-order chi connectivity index (χ0) is 19.9. The highest BCUT2D eigenvalue weighted by Crippen LogP contribution is 2.39. The van der Waals surface area contributed by atoms with Crippen molar-refractivity contribution in [3.05, 3.63) is 0 Å². The Balaban J connectivity index is 3.50. The Hall–Kier alpha value is 0.0700. The Morgan fingerprint density at radius 1 is 0.808 bits per heavy atom. The Labute approximate surface area is 161 Å². The summed E-state index contributed by atoms with van der Waals surface area (Å²) in [4.78, 5) is 17.5. The van der Waals surface area contributed by atoms with Gasteiger partial charge in [-0.3, -0.25) is 4.52 Å². The van der Waals surface area contributed by atoms with Gasteiger partial charge in [-0.2, -0.15) is 0 Å². The largest absolute Gasteiger partial charge is 0.469 e. The van der Waals surface area contributed by atoms with Crippen LogP contribution < -0.4 is 0 Å². The van der Waals surface area contributed by atoms with Crippen molar-refractivity contribution < 1.29 is 24.0 Å². The van der Waals surface area contributed by atoms with Crippen LogP contribution in [0.4, 0.5) is 0 Å². The highest BCUT2D eigenvalue weighted by Gasteiger charge is 2.30. The monoisotopic (exact) mass is 394 g/mol. The molecule has 0 rings (SSSR count). The summed E-state index contributed by atoms with van der Waals surface area (Å²) in [6.45, 7) is 5.66. The number of unbranched alkanes of at least 4 members (excludes halogenated alkanes) is 12. The second-order valence-electron chi connectivity index (χ2n) is 8.30. The topological polar surface area (TPSA) is 87.0 Å². The van der Waals surface area contributed by atoms with Crippen LogP contribution >= 0.6 is 7.82 Å². The molecular formula is C20H43O5P. The lowest BCUT2D eigenvalue weighted by atomic mass is 9.84. The fraction of sp³-hybridized carbons (Fsp3) is 1.00. The van der Waals surface area contributed by atoms with Gasteiger partial charge < -0.3 is 14.9 Å². The van der Waals surface area contributed by atoms with Crippen molar-refractivity contribution in [3.63, 3.8) is 0 Å². The standard InChI is InChI=1S/C20H43O5P/c1-4-5-6-7-8-9-10-11-12-13-14-15-16-17-19(21)20(2,3)18-25-26(22,23)24/h19,21H,4-18H2,1-3H3,(H2,22,23,24)/t19-/m1/s1. The van der Waals surface area contributed by atoms with Gasteiger partial charge in [-0.1, -0.05) is 104 Å². The van der Waals surface area contributed by atoms with E-state index in [1.54, 1.807) is 13.8 Å². The third kappa shape index (κ3) is 16.3. The number of hydrogen-bond acceptors (Lipinski definition) is 3. The van der Waals surface area contributed by atoms with Gasteiger partial charge in [-0.15, -0.1) is 0 Å². The molecule has 6 heteroatoms. The van der Waals surface area contributed by atoms with Crippen LogP contribution in [0.5, 0.6) is 0 Å². The molecule has 0 heterocycles. The zero-order valence-electron chi connectivity index (χ0n) is 17.3. The minimum Gasteiger partial charge on any atom is -0.392 e. The van der Waals surface area contributed by atoms with Gasteiger partial charge in [-0.05, 0) is 6.42 Å². The zero-order valence-corrected chi connectivity index (χ0v) is 18.2. The van der Waals surface area contributed by atoms with E-state index in [1.165, 1.54) is 70.6 Å². The minimum absolute atomic E-state index is 0.142. The van der Waals surface area contributed by atoms with Crippen LogP contribution in [0.15, 0.2) is 0 Å². The molecule has 0 aromatic carbocycles. The summed E-state index contributed by atoms with van der Waals surface area (Å²) in [7, 11) is -4.47. The number of rotatable bonds is 18. The van der Waals surface area contributed by atoms with Crippen LogP contribution in [0, 0.1) is 5.41 Å². The first kappa shape index (κ1) is 26.1. The smallest absolute Gasteiger partial charge is 0.392 e. The molecule has 5 nitrogen and oxygen atoms in total. The summed E-state index contributed by atoms with van der Waals surface area (Å²) in [5.74, 6) is 0. The van der Waals surface area contributed by atoms with E-state index in [1.807, 2.05) is 0 Å². The number of hydrogen-bond donors (Lipinski definition) is 3. The average Bonchev–Trinajstić information content (AvgIpc) is 2.56. The van der Waals surface area contributed by atoms with Gasteiger partial charge in [0, 0.05) is 5.41 Å². The van der Waals surface area contributed by atoms with Crippen LogP contribution in [0.1, 0.15) is 111 Å². The quantitative estimate of drug-likeness (QED) is 0.197. The van der Waals surface area contributed by atoms with Crippen LogP contribution in [0.25, 0.3) is 0 Å². The summed E-state index contributed by atoms with van der Waals surface area (Å²) in [5, 5.41) is 10.2. The molecule has 0 unspecified atom stereocenters. The average molecular weight is 395 g/mol. The molecule has 26 heavy (non-hydrogen) atoms. The van der Waals surface area contributed by atoms with Crippen LogP contribution in [-0.4, -0.2) is 27.6 Å². The van der Waals surface area contributed by atoms with Crippen molar-refractivity contribution in [1.82, 2.24) is 0 Å². The van der Waals surface area contributed by atoms with E-state index in [0.717, 1.165) is 12.8 Å². The molecule has 0 aliphatic carbocycles. The predicted octanol–water partition coefficient (Wildman–Crippen LogP) is 5.96. The predicted molar refractivity (Wildman–Crippen MR) is 108 cm³/mol. The molecule has 0 bridgehead atoms. The van der Waals surface area contributed by atoms with Gasteiger partial charge in [0.15, 0.2) is 0 Å². The molecule has 1 atom stereocenters. The molecule has 0 aromatic rings. The Morgan fingerprint density at radius 3 is 1.58 bits per heavy atom. The van der Waals surface area contributed by atoms with Crippen molar-refractivity contribution in [1.29, 1.82) is 0 Å². The molecule has 158 valence electrons. The van der Waals surface area contributed by atoms with E-state index in [2.05, 4.69) is 11.4 Å². The van der Waals surface area contributed by atoms with Crippen molar-refractivity contribution in [3.8, 4) is 0 Å². The highest BCUT2D eigenvalue weighted by atomic mass is 31.2. The lowest BCUT2D eigenvalue weighted by Crippen LogP contribution is -2.33. The highest BCUT2D eigenvalue weighted by molar-refractivity contribution is 7.46. The molecule has 0 aliphatic heterocycles. The second kappa shape index (κ2) is 15.0. The summed E-state index contributed by atoms with van der Waals surface area (Å²) >= 11 is 0. The van der Waals surface area contributed by atoms with Gasteiger partial charge in [0.25, 0.3) is 0 Å². The Kier molecular flexibility index (Phi) is 15.1. The third-order valence-corrected chi connectivity index (χ3v) is 5.55. The van der Waals surface area contributed by atoms with Gasteiger partial charge in [0.2, 0.25) is 0 Å². The number of phosphoric acid groups is 1. The molecule has 0 aromatic heterocycles. The number of aliphatic hydroxyl groups is 1. The lowest BCUT2D eigenvalue weighted by molar-refractivity contribution is 0.00113. The normalized spacial score (nSPS) is 13.9. The minimum atomic E-state index is -4.47. The summed E-state index contributed by atoms with van der Waals surface area (Å²) < 4.78 is 15.3. The van der Waals surface area contributed by atoms with E-state index in [0.29, 0.717) is 6.42 Å². The first-order chi connectivity index (χ1) is 12.2. The van der Waals surface area contributed by atoms with Gasteiger partial charge in [0.05, 0.1) is 12.7 Å². The van der Waals surface area contributed by atoms with Crippen molar-refractivity contribution >= 4 is 7.82 Å². The summed E-state index contributed by atoms with van der Waals surface area (Å²) in [6, 6.07) is 0. The van der Waals surface area contributed by atoms with Gasteiger partial charge >= 0.3 is 7.82 Å². The maximum Gasteiger partial charge on any atom is 0.469 e. The first-order valence-electron chi connectivity index (χ1n) is 10.6. The van der Waals surface area contributed by atoms with E-state index in [9.17, 15) is 9.67 Å². The van der Waals surface area contributed by atoms with Crippen molar-refractivity contribution in [2.45, 2.75) is 117 Å². The number of phosphoric ester groups is 1. The molecule has 0 fully saturated rings. The first-order valence-corrected chi connectivity index (χ1v) is 12.1. The number of aliphatic hydroxyl groups excluding tert-OH is 1. The van der Waals surface area contributed by atoms with Crippen LogP contribution in [-0.2, 0) is 9.09 Å². The van der Waals surface area contributed by atoms with Gasteiger partial charge in [-0.25, -0.2) is 4.57 Å². The van der Waals surface area contributed by atoms with Crippen LogP contribution in [0.2, 0.25) is 0 Å². The second-order valence-corrected chi connectivity index (χ2v) is 9.54. The van der Waals surface area contributed by atoms with E-state index in [-0.39, 0.29) is 6.61 Å². The fourth-order valence-corrected chi connectivity index (χ4v) is 3.59. The molecule has 0 radical (unpaired) electrons. The summed E-state index contributed by atoms with van der Waals surface area (Å²) in [6.07, 6.45) is 16.8. The van der Waals surface area contributed by atoms with Gasteiger partial charge in [0.1, 0.15) is 0 Å². The molecule has 3 N–H and O–H groups in total. The Bertz CT molecular complexity index is 367. The Morgan fingerprint density at radius 2 is 1.19 bits per heavy atom. The molecule has 0 saturated carbocycles. The fourth-order valence-electron chi connectivity index (χ4n) is 3.09. The maximum atomic E-state index is 10.8. The summed E-state index contributed by atoms with van der Waals surface area (Å²) in [5.41, 5.74) is -0.655. The molecule has 0 amide bonds. The van der Waals surface area contributed by atoms with Crippen LogP contribution in [0.3, 0.4) is 0 Å². The lowest BCUT2D eigenvalue weighted by Gasteiger charge is -2.30. The SMILES string of the molecule is CCCCCCCCCCCCCCC[C@@H](O)C(C)(C)COP(=O)(O)O. The molecule has 0 spiro atoms. The molecular weight excluding hydrogens is 351 g/mol. The van der Waals surface area contributed by atoms with E-state index < -0.39 is 19.3 Å². The van der Waals surface area contributed by atoms with Crippen molar-refractivity contribution in [2.75, 3.05) is 6.61 Å². The third-order valence-electron chi connectivity index (χ3n) is 5.09. The van der Waals surface area contributed by atoms with E-state index in [4.69, 9.17) is 9.79 Å². The molecule has 0 saturated heterocycles. The maximum absolute atomic E-state index is 10.8. The molecule has 0 aliphatic rings.